The number of rotatable bonds is 9. The van der Waals surface area contributed by atoms with Gasteiger partial charge in [0.15, 0.2) is 7.14 Å². The Labute approximate surface area is 169 Å². The highest BCUT2D eigenvalue weighted by molar-refractivity contribution is 7.80. The van der Waals surface area contributed by atoms with Crippen LogP contribution in [0.1, 0.15) is 59.8 Å². The van der Waals surface area contributed by atoms with Crippen molar-refractivity contribution in [2.24, 2.45) is 0 Å². The molecule has 0 spiro atoms. The van der Waals surface area contributed by atoms with Gasteiger partial charge in [-0.1, -0.05) is 93.3 Å². The standard InChI is InChI=1S/C24H33O3P/c1-5-6-7-14-19-22(23(25)27-24(2,3)4)28(26,20-15-10-8-11-16-20)21-17-12-9-13-18-21/h8-13,15-18,22H,5-7,14,19H2,1-4H3. The molecule has 0 bridgehead atoms. The van der Waals surface area contributed by atoms with Crippen LogP contribution in [0.25, 0.3) is 0 Å². The molecule has 0 aliphatic rings. The van der Waals surface area contributed by atoms with Crippen molar-refractivity contribution in [3.63, 3.8) is 0 Å². The lowest BCUT2D eigenvalue weighted by Gasteiger charge is -2.30. The molecule has 28 heavy (non-hydrogen) atoms. The summed E-state index contributed by atoms with van der Waals surface area (Å²) < 4.78 is 20.3. The van der Waals surface area contributed by atoms with Crippen LogP contribution in [0, 0.1) is 0 Å². The second kappa shape index (κ2) is 10.1. The third kappa shape index (κ3) is 5.82. The summed E-state index contributed by atoms with van der Waals surface area (Å²) in [6.07, 6.45) is 4.69. The minimum absolute atomic E-state index is 0.361. The summed E-state index contributed by atoms with van der Waals surface area (Å²) in [6, 6.07) is 18.8. The van der Waals surface area contributed by atoms with E-state index in [0.29, 0.717) is 17.0 Å². The van der Waals surface area contributed by atoms with Gasteiger partial charge in [-0.2, -0.15) is 0 Å². The second-order valence-electron chi connectivity index (χ2n) is 8.23. The number of benzene rings is 2. The molecule has 0 aromatic heterocycles. The Morgan fingerprint density at radius 2 is 1.39 bits per heavy atom. The summed E-state index contributed by atoms with van der Waals surface area (Å²) in [5.41, 5.74) is -1.29. The molecule has 0 fully saturated rings. The van der Waals surface area contributed by atoms with Crippen LogP contribution in [0.3, 0.4) is 0 Å². The topological polar surface area (TPSA) is 43.4 Å². The predicted molar refractivity (Wildman–Crippen MR) is 118 cm³/mol. The van der Waals surface area contributed by atoms with E-state index >= 15 is 0 Å². The highest BCUT2D eigenvalue weighted by Gasteiger charge is 2.42. The predicted octanol–water partition coefficient (Wildman–Crippen LogP) is 5.68. The number of unbranched alkanes of at least 4 members (excludes halogenated alkanes) is 3. The highest BCUT2D eigenvalue weighted by atomic mass is 31.2. The molecule has 0 saturated heterocycles. The zero-order valence-corrected chi connectivity index (χ0v) is 18.5. The molecular weight excluding hydrogens is 367 g/mol. The summed E-state index contributed by atoms with van der Waals surface area (Å²) in [5, 5.41) is 1.43. The number of carbonyl (C=O) groups is 1. The van der Waals surface area contributed by atoms with E-state index in [-0.39, 0.29) is 5.97 Å². The van der Waals surface area contributed by atoms with Gasteiger partial charge in [-0.05, 0) is 27.2 Å². The lowest BCUT2D eigenvalue weighted by Crippen LogP contribution is -2.37. The first-order valence-corrected chi connectivity index (χ1v) is 12.0. The summed E-state index contributed by atoms with van der Waals surface area (Å²) in [5.74, 6) is -0.361. The Bertz CT molecular complexity index is 735. The van der Waals surface area contributed by atoms with E-state index in [9.17, 15) is 9.36 Å². The van der Waals surface area contributed by atoms with Crippen LogP contribution in [0.15, 0.2) is 60.7 Å². The van der Waals surface area contributed by atoms with Crippen LogP contribution < -0.4 is 10.6 Å². The van der Waals surface area contributed by atoms with Crippen LogP contribution in [-0.2, 0) is 14.1 Å². The summed E-state index contributed by atoms with van der Waals surface area (Å²) in [7, 11) is -3.20. The fourth-order valence-electron chi connectivity index (χ4n) is 3.39. The Hall–Kier alpha value is -1.86. The molecule has 0 heterocycles. The van der Waals surface area contributed by atoms with Crippen LogP contribution >= 0.6 is 7.14 Å². The van der Waals surface area contributed by atoms with Gasteiger partial charge in [0.05, 0.1) is 0 Å². The highest BCUT2D eigenvalue weighted by Crippen LogP contribution is 2.51. The smallest absolute Gasteiger partial charge is 0.317 e. The molecule has 0 radical (unpaired) electrons. The molecule has 0 aliphatic heterocycles. The molecule has 0 N–H and O–H groups in total. The molecule has 0 saturated carbocycles. The van der Waals surface area contributed by atoms with Gasteiger partial charge in [0.2, 0.25) is 0 Å². The quantitative estimate of drug-likeness (QED) is 0.309. The maximum absolute atomic E-state index is 14.6. The van der Waals surface area contributed by atoms with Crippen molar-refractivity contribution < 1.29 is 14.1 Å². The van der Waals surface area contributed by atoms with Crippen LogP contribution in [0.4, 0.5) is 0 Å². The van der Waals surface area contributed by atoms with E-state index in [1.807, 2.05) is 81.4 Å². The summed E-state index contributed by atoms with van der Waals surface area (Å²) in [6.45, 7) is 7.73. The minimum atomic E-state index is -3.20. The van der Waals surface area contributed by atoms with Crippen molar-refractivity contribution >= 4 is 23.7 Å². The van der Waals surface area contributed by atoms with Gasteiger partial charge in [-0.25, -0.2) is 0 Å². The lowest BCUT2D eigenvalue weighted by atomic mass is 10.1. The van der Waals surface area contributed by atoms with Crippen molar-refractivity contribution in [2.75, 3.05) is 0 Å². The van der Waals surface area contributed by atoms with Gasteiger partial charge in [0, 0.05) is 10.6 Å². The van der Waals surface area contributed by atoms with Crippen LogP contribution in [-0.4, -0.2) is 17.2 Å². The number of carbonyl (C=O) groups excluding carboxylic acids is 1. The average Bonchev–Trinajstić information content (AvgIpc) is 2.67. The normalized spacial score (nSPS) is 13.1. The summed E-state index contributed by atoms with van der Waals surface area (Å²) in [4.78, 5) is 13.2. The monoisotopic (exact) mass is 400 g/mol. The van der Waals surface area contributed by atoms with Gasteiger partial charge in [0.1, 0.15) is 11.3 Å². The van der Waals surface area contributed by atoms with Crippen molar-refractivity contribution in [3.05, 3.63) is 60.7 Å². The van der Waals surface area contributed by atoms with Gasteiger partial charge < -0.3 is 9.30 Å². The third-order valence-electron chi connectivity index (χ3n) is 4.73. The molecule has 3 nitrogen and oxygen atoms in total. The average molecular weight is 400 g/mol. The lowest BCUT2D eigenvalue weighted by molar-refractivity contribution is -0.154. The van der Waals surface area contributed by atoms with Gasteiger partial charge in [-0.15, -0.1) is 0 Å². The Morgan fingerprint density at radius 3 is 1.82 bits per heavy atom. The van der Waals surface area contributed by atoms with E-state index in [2.05, 4.69) is 6.92 Å². The number of esters is 1. The van der Waals surface area contributed by atoms with Gasteiger partial charge in [0.25, 0.3) is 0 Å². The molecule has 1 atom stereocenters. The molecule has 2 aromatic rings. The van der Waals surface area contributed by atoms with Crippen molar-refractivity contribution in [1.29, 1.82) is 0 Å². The van der Waals surface area contributed by atoms with Crippen molar-refractivity contribution in [2.45, 2.75) is 71.1 Å². The fraction of sp³-hybridized carbons (Fsp3) is 0.458. The first-order valence-electron chi connectivity index (χ1n) is 10.2. The molecule has 2 aromatic carbocycles. The van der Waals surface area contributed by atoms with E-state index in [0.717, 1.165) is 25.7 Å². The van der Waals surface area contributed by atoms with E-state index in [4.69, 9.17) is 4.74 Å². The maximum Gasteiger partial charge on any atom is 0.317 e. The SMILES string of the molecule is CCCCCCC(C(=O)OC(C)(C)C)P(=O)(c1ccccc1)c1ccccc1. The molecular formula is C24H33O3P. The third-order valence-corrected chi connectivity index (χ3v) is 8.21. The van der Waals surface area contributed by atoms with E-state index in [1.54, 1.807) is 0 Å². The van der Waals surface area contributed by atoms with Gasteiger partial charge >= 0.3 is 5.97 Å². The largest absolute Gasteiger partial charge is 0.459 e. The van der Waals surface area contributed by atoms with Crippen LogP contribution in [0.5, 0.6) is 0 Å². The Kier molecular flexibility index (Phi) is 8.07. The number of hydrogen-bond donors (Lipinski definition) is 0. The molecule has 2 rings (SSSR count). The number of hydrogen-bond acceptors (Lipinski definition) is 3. The fourth-order valence-corrected chi connectivity index (χ4v) is 6.53. The molecule has 0 aliphatic carbocycles. The van der Waals surface area contributed by atoms with E-state index in [1.165, 1.54) is 0 Å². The zero-order valence-electron chi connectivity index (χ0n) is 17.6. The maximum atomic E-state index is 14.6. The van der Waals surface area contributed by atoms with E-state index < -0.39 is 18.4 Å². The number of ether oxygens (including phenoxy) is 1. The minimum Gasteiger partial charge on any atom is -0.459 e. The summed E-state index contributed by atoms with van der Waals surface area (Å²) >= 11 is 0. The Morgan fingerprint density at radius 1 is 0.893 bits per heavy atom. The molecule has 4 heteroatoms. The first kappa shape index (κ1) is 22.4. The van der Waals surface area contributed by atoms with Crippen molar-refractivity contribution in [3.8, 4) is 0 Å². The first-order chi connectivity index (χ1) is 13.3. The van der Waals surface area contributed by atoms with Gasteiger partial charge in [-0.3, -0.25) is 4.79 Å². The van der Waals surface area contributed by atoms with Crippen molar-refractivity contribution in [1.82, 2.24) is 0 Å². The second-order valence-corrected chi connectivity index (χ2v) is 11.2. The zero-order chi connectivity index (χ0) is 20.6. The van der Waals surface area contributed by atoms with Crippen LogP contribution in [0.2, 0.25) is 0 Å². The molecule has 0 amide bonds. The molecule has 1 unspecified atom stereocenters. The Balaban J connectivity index is 2.51. The molecule has 152 valence electrons.